The van der Waals surface area contributed by atoms with E-state index in [-0.39, 0.29) is 0 Å². The Morgan fingerprint density at radius 2 is 0.929 bits per heavy atom. The second kappa shape index (κ2) is 13.0. The summed E-state index contributed by atoms with van der Waals surface area (Å²) in [5, 5.41) is 14.5. The summed E-state index contributed by atoms with van der Waals surface area (Å²) in [6.07, 6.45) is 0. The molecule has 10 aromatic rings. The summed E-state index contributed by atoms with van der Waals surface area (Å²) in [6, 6.07) is 62.0. The van der Waals surface area contributed by atoms with Crippen LogP contribution in [-0.4, -0.2) is 9.13 Å². The van der Waals surface area contributed by atoms with E-state index in [9.17, 15) is 5.26 Å². The Morgan fingerprint density at radius 1 is 0.446 bits per heavy atom. The number of para-hydroxylation sites is 2. The molecule has 0 saturated carbocycles. The number of hydrogen-bond donors (Lipinski definition) is 0. The molecular formula is C52H34N4. The minimum Gasteiger partial charge on any atom is -0.308 e. The number of aryl methyl sites for hydroxylation is 2. The number of fused-ring (bicyclic) bond motifs is 6. The minimum absolute atomic E-state index is 0.515. The lowest BCUT2D eigenvalue weighted by Gasteiger charge is -2.20. The standard InChI is InChI=1S/C52H34N4/c1-33-11-8-14-36(25-33)38-21-23-43-41-17-4-6-19-47(41)55(49(43)28-38)51-30-45(40-16-10-13-35(27-40)32-53)46(54-3)31-52(51)56-48-20-7-5-18-42(48)44-24-22-39(29-50(44)56)37-15-9-12-34(2)26-37/h4-31H,1-2H3. The Hall–Kier alpha value is -7.66. The third kappa shape index (κ3) is 5.28. The van der Waals surface area contributed by atoms with E-state index in [1.54, 1.807) is 6.07 Å². The first-order valence-electron chi connectivity index (χ1n) is 18.8. The number of nitriles is 1. The molecule has 0 aliphatic carbocycles. The summed E-state index contributed by atoms with van der Waals surface area (Å²) in [5.41, 5.74) is 15.7. The van der Waals surface area contributed by atoms with Crippen LogP contribution in [0.25, 0.3) is 93.2 Å². The molecule has 0 aliphatic heterocycles. The van der Waals surface area contributed by atoms with Crippen molar-refractivity contribution >= 4 is 49.3 Å². The van der Waals surface area contributed by atoms with E-state index >= 15 is 0 Å². The van der Waals surface area contributed by atoms with E-state index in [1.165, 1.54) is 11.1 Å². The highest BCUT2D eigenvalue weighted by atomic mass is 15.1. The van der Waals surface area contributed by atoms with Gasteiger partial charge in [0.2, 0.25) is 0 Å². The molecule has 0 saturated heterocycles. The Bertz CT molecular complexity index is 3310. The average molecular weight is 715 g/mol. The number of aromatic nitrogens is 2. The molecule has 8 aromatic carbocycles. The van der Waals surface area contributed by atoms with Gasteiger partial charge in [0.1, 0.15) is 0 Å². The van der Waals surface area contributed by atoms with Crippen LogP contribution in [0, 0.1) is 31.8 Å². The highest BCUT2D eigenvalue weighted by Crippen LogP contribution is 2.44. The molecule has 2 heterocycles. The molecule has 0 aliphatic rings. The fourth-order valence-corrected chi connectivity index (χ4v) is 8.47. The van der Waals surface area contributed by atoms with Gasteiger partial charge >= 0.3 is 0 Å². The van der Waals surface area contributed by atoms with E-state index in [0.717, 1.165) is 88.4 Å². The molecule has 262 valence electrons. The fourth-order valence-electron chi connectivity index (χ4n) is 8.47. The van der Waals surface area contributed by atoms with Gasteiger partial charge < -0.3 is 9.13 Å². The van der Waals surface area contributed by atoms with Crippen LogP contribution in [0.4, 0.5) is 5.69 Å². The Morgan fingerprint density at radius 3 is 1.46 bits per heavy atom. The van der Waals surface area contributed by atoms with Gasteiger partial charge in [-0.15, -0.1) is 0 Å². The van der Waals surface area contributed by atoms with Crippen LogP contribution >= 0.6 is 0 Å². The third-order valence-corrected chi connectivity index (χ3v) is 11.0. The van der Waals surface area contributed by atoms with Crippen molar-refractivity contribution in [1.29, 1.82) is 5.26 Å². The van der Waals surface area contributed by atoms with Gasteiger partial charge in [0.25, 0.3) is 0 Å². The predicted molar refractivity (Wildman–Crippen MR) is 232 cm³/mol. The molecular weight excluding hydrogens is 681 g/mol. The van der Waals surface area contributed by atoms with Gasteiger partial charge in [0, 0.05) is 21.5 Å². The second-order valence-electron chi connectivity index (χ2n) is 14.6. The van der Waals surface area contributed by atoms with Crippen molar-refractivity contribution in [2.24, 2.45) is 0 Å². The van der Waals surface area contributed by atoms with E-state index < -0.39 is 0 Å². The smallest absolute Gasteiger partial charge is 0.197 e. The maximum Gasteiger partial charge on any atom is 0.197 e. The first kappa shape index (κ1) is 32.9. The van der Waals surface area contributed by atoms with Crippen LogP contribution in [0.15, 0.2) is 170 Å². The first-order valence-corrected chi connectivity index (χ1v) is 18.8. The van der Waals surface area contributed by atoms with Crippen molar-refractivity contribution in [2.75, 3.05) is 0 Å². The van der Waals surface area contributed by atoms with Gasteiger partial charge in [-0.2, -0.15) is 5.26 Å². The summed E-state index contributed by atoms with van der Waals surface area (Å²) in [5.74, 6) is 0. The maximum absolute atomic E-state index is 9.89. The number of hydrogen-bond acceptors (Lipinski definition) is 1. The number of benzene rings is 8. The summed E-state index contributed by atoms with van der Waals surface area (Å²) < 4.78 is 4.71. The molecule has 2 aromatic heterocycles. The zero-order valence-corrected chi connectivity index (χ0v) is 31.0. The van der Waals surface area contributed by atoms with Gasteiger partial charge in [0.05, 0.1) is 51.6 Å². The van der Waals surface area contributed by atoms with Crippen LogP contribution in [-0.2, 0) is 0 Å². The van der Waals surface area contributed by atoms with Crippen molar-refractivity contribution < 1.29 is 0 Å². The number of rotatable bonds is 5. The molecule has 0 atom stereocenters. The molecule has 0 unspecified atom stereocenters. The normalized spacial score (nSPS) is 11.4. The quantitative estimate of drug-likeness (QED) is 0.164. The Labute approximate surface area is 325 Å². The zero-order valence-electron chi connectivity index (χ0n) is 31.0. The minimum atomic E-state index is 0.515. The topological polar surface area (TPSA) is 38.0 Å². The van der Waals surface area contributed by atoms with E-state index in [1.807, 2.05) is 24.3 Å². The summed E-state index contributed by atoms with van der Waals surface area (Å²) >= 11 is 0. The maximum atomic E-state index is 9.89. The lowest BCUT2D eigenvalue weighted by Crippen LogP contribution is -2.04. The van der Waals surface area contributed by atoms with E-state index in [0.29, 0.717) is 11.3 Å². The second-order valence-corrected chi connectivity index (χ2v) is 14.6. The van der Waals surface area contributed by atoms with Crippen LogP contribution in [0.1, 0.15) is 16.7 Å². The van der Waals surface area contributed by atoms with Gasteiger partial charge in [0.15, 0.2) is 5.69 Å². The van der Waals surface area contributed by atoms with Crippen molar-refractivity contribution in [2.45, 2.75) is 13.8 Å². The van der Waals surface area contributed by atoms with Crippen LogP contribution in [0.3, 0.4) is 0 Å². The van der Waals surface area contributed by atoms with Gasteiger partial charge in [-0.3, -0.25) is 0 Å². The van der Waals surface area contributed by atoms with Crippen LogP contribution < -0.4 is 0 Å². The van der Waals surface area contributed by atoms with E-state index in [2.05, 4.69) is 173 Å². The molecule has 0 N–H and O–H groups in total. The highest BCUT2D eigenvalue weighted by Gasteiger charge is 2.23. The van der Waals surface area contributed by atoms with Crippen LogP contribution in [0.5, 0.6) is 0 Å². The first-order chi connectivity index (χ1) is 27.5. The largest absolute Gasteiger partial charge is 0.308 e. The molecule has 0 amide bonds. The summed E-state index contributed by atoms with van der Waals surface area (Å²) in [7, 11) is 0. The predicted octanol–water partition coefficient (Wildman–Crippen LogP) is 13.9. The molecule has 56 heavy (non-hydrogen) atoms. The summed E-state index contributed by atoms with van der Waals surface area (Å²) in [6.45, 7) is 12.8. The highest BCUT2D eigenvalue weighted by molar-refractivity contribution is 6.13. The van der Waals surface area contributed by atoms with Crippen molar-refractivity contribution in [3.8, 4) is 50.8 Å². The van der Waals surface area contributed by atoms with Gasteiger partial charge in [-0.25, -0.2) is 4.85 Å². The lowest BCUT2D eigenvalue weighted by atomic mass is 9.99. The van der Waals surface area contributed by atoms with Gasteiger partial charge in [-0.05, 0) is 95.8 Å². The molecule has 0 radical (unpaired) electrons. The Balaban J connectivity index is 1.36. The molecule has 0 bridgehead atoms. The molecule has 10 rings (SSSR count). The SMILES string of the molecule is [C-]#[N+]c1cc(-n2c3ccccc3c3ccc(-c4cccc(C)c4)cc32)c(-n2c3ccccc3c3ccc(-c4cccc(C)c4)cc32)cc1-c1cccc(C#N)c1. The van der Waals surface area contributed by atoms with Crippen molar-refractivity contribution in [1.82, 2.24) is 9.13 Å². The monoisotopic (exact) mass is 714 g/mol. The van der Waals surface area contributed by atoms with Crippen molar-refractivity contribution in [3.63, 3.8) is 0 Å². The zero-order chi connectivity index (χ0) is 37.9. The summed E-state index contributed by atoms with van der Waals surface area (Å²) in [4.78, 5) is 4.16. The van der Waals surface area contributed by atoms with Gasteiger partial charge in [-0.1, -0.05) is 132 Å². The lowest BCUT2D eigenvalue weighted by molar-refractivity contribution is 1.10. The molecule has 4 heteroatoms. The Kier molecular flexibility index (Phi) is 7.66. The average Bonchev–Trinajstić information content (AvgIpc) is 3.75. The fraction of sp³-hybridized carbons (Fsp3) is 0.0385. The number of nitrogens with zero attached hydrogens (tertiary/aromatic N) is 4. The van der Waals surface area contributed by atoms with Crippen LogP contribution in [0.2, 0.25) is 0 Å². The third-order valence-electron chi connectivity index (χ3n) is 11.0. The molecule has 4 nitrogen and oxygen atoms in total. The molecule has 0 spiro atoms. The molecule has 0 fully saturated rings. The van der Waals surface area contributed by atoms with Crippen molar-refractivity contribution in [3.05, 3.63) is 198 Å². The van der Waals surface area contributed by atoms with E-state index in [4.69, 9.17) is 6.57 Å².